The van der Waals surface area contributed by atoms with Crippen molar-refractivity contribution in [1.82, 2.24) is 10.2 Å². The predicted octanol–water partition coefficient (Wildman–Crippen LogP) is 4.03. The molecule has 0 unspecified atom stereocenters. The van der Waals surface area contributed by atoms with E-state index in [0.29, 0.717) is 29.5 Å². The number of nitro groups is 1. The van der Waals surface area contributed by atoms with Gasteiger partial charge in [0.2, 0.25) is 0 Å². The summed E-state index contributed by atoms with van der Waals surface area (Å²) in [6, 6.07) is 12.8. The smallest absolute Gasteiger partial charge is 0.292 e. The third-order valence-electron chi connectivity index (χ3n) is 6.09. The second-order valence-electron chi connectivity index (χ2n) is 8.22. The van der Waals surface area contributed by atoms with Gasteiger partial charge in [0.25, 0.3) is 11.6 Å². The number of thiocarbonyl (C=S) groups is 1. The van der Waals surface area contributed by atoms with Crippen LogP contribution in [0.4, 0.5) is 17.1 Å². The SMILES string of the molecule is O=C(NC(=S)N1CCN(c2ccc([N+](=O)[O-])c(N3CCCCC3)c2)CC1)c1cccc(I)c1. The molecule has 0 aromatic heterocycles. The molecule has 2 aliphatic heterocycles. The molecular formula is C23H26IN5O3S. The maximum absolute atomic E-state index is 12.5. The van der Waals surface area contributed by atoms with Crippen molar-refractivity contribution in [2.45, 2.75) is 19.3 Å². The van der Waals surface area contributed by atoms with Crippen LogP contribution in [0.1, 0.15) is 29.6 Å². The van der Waals surface area contributed by atoms with Gasteiger partial charge in [-0.1, -0.05) is 6.07 Å². The van der Waals surface area contributed by atoms with Crippen LogP contribution >= 0.6 is 34.8 Å². The van der Waals surface area contributed by atoms with Gasteiger partial charge in [0.05, 0.1) is 4.92 Å². The number of rotatable bonds is 4. The van der Waals surface area contributed by atoms with Crippen molar-refractivity contribution in [3.8, 4) is 0 Å². The number of hydrogen-bond acceptors (Lipinski definition) is 6. The number of nitrogens with zero attached hydrogens (tertiary/aromatic N) is 4. The molecule has 2 fully saturated rings. The van der Waals surface area contributed by atoms with E-state index in [1.165, 1.54) is 6.42 Å². The summed E-state index contributed by atoms with van der Waals surface area (Å²) in [5.74, 6) is -0.206. The number of amides is 1. The first-order valence-corrected chi connectivity index (χ1v) is 12.6. The number of nitro benzene ring substituents is 1. The largest absolute Gasteiger partial charge is 0.368 e. The fourth-order valence-corrected chi connectivity index (χ4v) is 5.12. The van der Waals surface area contributed by atoms with Crippen LogP contribution in [-0.2, 0) is 0 Å². The minimum Gasteiger partial charge on any atom is -0.368 e. The van der Waals surface area contributed by atoms with Gasteiger partial charge >= 0.3 is 0 Å². The lowest BCUT2D eigenvalue weighted by Crippen LogP contribution is -2.52. The minimum atomic E-state index is -0.291. The number of piperazine rings is 1. The van der Waals surface area contributed by atoms with E-state index < -0.39 is 0 Å². The average molecular weight is 579 g/mol. The van der Waals surface area contributed by atoms with Crippen molar-refractivity contribution >= 4 is 62.9 Å². The van der Waals surface area contributed by atoms with E-state index in [1.807, 2.05) is 35.2 Å². The monoisotopic (exact) mass is 579 g/mol. The molecule has 4 rings (SSSR count). The molecule has 0 spiro atoms. The van der Waals surface area contributed by atoms with Gasteiger partial charge in [0, 0.05) is 60.2 Å². The molecule has 0 atom stereocenters. The molecule has 1 amide bonds. The summed E-state index contributed by atoms with van der Waals surface area (Å²) in [4.78, 5) is 30.2. The number of anilines is 2. The third-order valence-corrected chi connectivity index (χ3v) is 7.12. The highest BCUT2D eigenvalue weighted by molar-refractivity contribution is 14.1. The summed E-state index contributed by atoms with van der Waals surface area (Å²) >= 11 is 7.66. The number of piperidine rings is 1. The third kappa shape index (κ3) is 5.72. The normalized spacial score (nSPS) is 16.5. The standard InChI is InChI=1S/C23H26IN5O3S/c24-18-6-4-5-17(15-18)22(30)25-23(33)28-13-11-26(12-14-28)19-7-8-20(29(31)32)21(16-19)27-9-2-1-3-10-27/h4-8,15-16H,1-3,9-14H2,(H,25,30,33). The van der Waals surface area contributed by atoms with Crippen LogP contribution < -0.4 is 15.1 Å². The zero-order valence-electron chi connectivity index (χ0n) is 18.2. The van der Waals surface area contributed by atoms with Crippen LogP contribution in [-0.4, -0.2) is 60.1 Å². The van der Waals surface area contributed by atoms with E-state index in [-0.39, 0.29) is 16.5 Å². The van der Waals surface area contributed by atoms with E-state index >= 15 is 0 Å². The Hall–Kier alpha value is -2.47. The molecule has 8 nitrogen and oxygen atoms in total. The lowest BCUT2D eigenvalue weighted by molar-refractivity contribution is -0.384. The van der Waals surface area contributed by atoms with Crippen LogP contribution in [0.3, 0.4) is 0 Å². The second-order valence-corrected chi connectivity index (χ2v) is 9.85. The summed E-state index contributed by atoms with van der Waals surface area (Å²) in [7, 11) is 0. The van der Waals surface area contributed by atoms with Crippen molar-refractivity contribution < 1.29 is 9.72 Å². The molecule has 2 aliphatic rings. The van der Waals surface area contributed by atoms with Crippen LogP contribution in [0.5, 0.6) is 0 Å². The Balaban J connectivity index is 1.39. The topological polar surface area (TPSA) is 82.0 Å². The molecular weight excluding hydrogens is 553 g/mol. The van der Waals surface area contributed by atoms with Crippen molar-refractivity contribution in [2.75, 3.05) is 49.1 Å². The van der Waals surface area contributed by atoms with Gasteiger partial charge in [0.1, 0.15) is 5.69 Å². The van der Waals surface area contributed by atoms with E-state index in [2.05, 4.69) is 37.7 Å². The molecule has 0 bridgehead atoms. The lowest BCUT2D eigenvalue weighted by atomic mass is 10.1. The van der Waals surface area contributed by atoms with Gasteiger partial charge in [-0.15, -0.1) is 0 Å². The number of nitrogens with one attached hydrogen (secondary N) is 1. The first kappa shape index (κ1) is 23.7. The Morgan fingerprint density at radius 3 is 2.36 bits per heavy atom. The fraction of sp³-hybridized carbons (Fsp3) is 0.391. The van der Waals surface area contributed by atoms with Crippen molar-refractivity contribution in [1.29, 1.82) is 0 Å². The van der Waals surface area contributed by atoms with Crippen LogP contribution in [0.15, 0.2) is 42.5 Å². The number of carbonyl (C=O) groups excluding carboxylic acids is 1. The molecule has 0 aliphatic carbocycles. The number of carbonyl (C=O) groups is 1. The minimum absolute atomic E-state index is 0.166. The van der Waals surface area contributed by atoms with E-state index in [0.717, 1.165) is 48.3 Å². The molecule has 2 heterocycles. The molecule has 2 aromatic rings. The van der Waals surface area contributed by atoms with Gasteiger partial charge in [-0.2, -0.15) is 0 Å². The number of hydrogen-bond donors (Lipinski definition) is 1. The zero-order valence-corrected chi connectivity index (χ0v) is 21.2. The van der Waals surface area contributed by atoms with Crippen LogP contribution in [0, 0.1) is 13.7 Å². The number of halogens is 1. The molecule has 2 saturated heterocycles. The van der Waals surface area contributed by atoms with Gasteiger partial charge in [-0.05, 0) is 84.4 Å². The quantitative estimate of drug-likeness (QED) is 0.254. The Labute approximate surface area is 212 Å². The summed E-state index contributed by atoms with van der Waals surface area (Å²) < 4.78 is 0.992. The Morgan fingerprint density at radius 2 is 1.70 bits per heavy atom. The Kier molecular flexibility index (Phi) is 7.63. The van der Waals surface area contributed by atoms with Gasteiger partial charge in [0.15, 0.2) is 5.11 Å². The average Bonchev–Trinajstić information content (AvgIpc) is 2.84. The highest BCUT2D eigenvalue weighted by Gasteiger charge is 2.25. The number of benzene rings is 2. The Morgan fingerprint density at radius 1 is 0.970 bits per heavy atom. The van der Waals surface area contributed by atoms with Crippen molar-refractivity contribution in [3.63, 3.8) is 0 Å². The second kappa shape index (κ2) is 10.6. The molecule has 2 aromatic carbocycles. The molecule has 174 valence electrons. The maximum atomic E-state index is 12.5. The van der Waals surface area contributed by atoms with Gasteiger partial charge in [-0.25, -0.2) is 0 Å². The lowest BCUT2D eigenvalue weighted by Gasteiger charge is -2.37. The highest BCUT2D eigenvalue weighted by Crippen LogP contribution is 2.34. The zero-order chi connectivity index (χ0) is 23.4. The first-order valence-electron chi connectivity index (χ1n) is 11.1. The van der Waals surface area contributed by atoms with Gasteiger partial charge < -0.3 is 14.7 Å². The van der Waals surface area contributed by atoms with E-state index in [4.69, 9.17) is 12.2 Å². The molecule has 0 radical (unpaired) electrons. The van der Waals surface area contributed by atoms with Crippen molar-refractivity contribution in [3.05, 3.63) is 61.7 Å². The summed E-state index contributed by atoms with van der Waals surface area (Å²) in [6.07, 6.45) is 3.29. The summed E-state index contributed by atoms with van der Waals surface area (Å²) in [5, 5.41) is 14.9. The summed E-state index contributed by atoms with van der Waals surface area (Å²) in [5.41, 5.74) is 2.44. The van der Waals surface area contributed by atoms with E-state index in [9.17, 15) is 14.9 Å². The van der Waals surface area contributed by atoms with Gasteiger partial charge in [-0.3, -0.25) is 20.2 Å². The predicted molar refractivity (Wildman–Crippen MR) is 142 cm³/mol. The van der Waals surface area contributed by atoms with Crippen LogP contribution in [0.2, 0.25) is 0 Å². The van der Waals surface area contributed by atoms with Crippen LogP contribution in [0.25, 0.3) is 0 Å². The fourth-order valence-electron chi connectivity index (χ4n) is 4.30. The van der Waals surface area contributed by atoms with Crippen molar-refractivity contribution in [2.24, 2.45) is 0 Å². The summed E-state index contributed by atoms with van der Waals surface area (Å²) in [6.45, 7) is 4.48. The molecule has 33 heavy (non-hydrogen) atoms. The first-order chi connectivity index (χ1) is 15.9. The highest BCUT2D eigenvalue weighted by atomic mass is 127. The maximum Gasteiger partial charge on any atom is 0.292 e. The Bertz CT molecular complexity index is 1050. The molecule has 10 heteroatoms. The molecule has 1 N–H and O–H groups in total. The van der Waals surface area contributed by atoms with E-state index in [1.54, 1.807) is 12.1 Å². The molecule has 0 saturated carbocycles.